The van der Waals surface area contributed by atoms with Crippen molar-refractivity contribution in [2.24, 2.45) is 0 Å². The second-order valence-corrected chi connectivity index (χ2v) is 11.3. The van der Waals surface area contributed by atoms with Gasteiger partial charge in [-0.05, 0) is 50.2 Å². The maximum atomic E-state index is 10.4. The van der Waals surface area contributed by atoms with Crippen LogP contribution in [0.3, 0.4) is 0 Å². The zero-order chi connectivity index (χ0) is 21.2. The molecule has 6 heteroatoms. The third-order valence-corrected chi connectivity index (χ3v) is 9.53. The summed E-state index contributed by atoms with van der Waals surface area (Å²) >= 11 is 0. The minimum atomic E-state index is -3.94. The summed E-state index contributed by atoms with van der Waals surface area (Å²) in [6.45, 7) is 5.84. The van der Waals surface area contributed by atoms with Crippen LogP contribution in [0.1, 0.15) is 13.8 Å². The number of phosphoric ester groups is 1. The largest absolute Gasteiger partial charge is 0.756 e. The van der Waals surface area contributed by atoms with E-state index in [1.54, 1.807) is 13.8 Å². The summed E-state index contributed by atoms with van der Waals surface area (Å²) in [7, 11) is -5.47. The fourth-order valence-electron chi connectivity index (χ4n) is 2.98. The van der Waals surface area contributed by atoms with Crippen molar-refractivity contribution in [1.82, 2.24) is 0 Å². The molecule has 3 aromatic rings. The van der Waals surface area contributed by atoms with Crippen LogP contribution < -0.4 is 20.8 Å². The van der Waals surface area contributed by atoms with E-state index in [4.69, 9.17) is 0 Å². The molecule has 0 aliphatic heterocycles. The predicted octanol–water partition coefficient (Wildman–Crippen LogP) is 4.14. The Bertz CT molecular complexity index is 780. The molecule has 0 aromatic heterocycles. The molecule has 154 valence electrons. The molecule has 3 rings (SSSR count). The van der Waals surface area contributed by atoms with Crippen LogP contribution in [-0.4, -0.2) is 19.9 Å². The lowest BCUT2D eigenvalue weighted by Crippen LogP contribution is -2.30. The summed E-state index contributed by atoms with van der Waals surface area (Å²) in [4.78, 5) is 10.4. The van der Waals surface area contributed by atoms with Crippen molar-refractivity contribution in [1.29, 1.82) is 0 Å². The normalized spacial score (nSPS) is 11.4. The highest BCUT2D eigenvalue weighted by Crippen LogP contribution is 2.51. The summed E-state index contributed by atoms with van der Waals surface area (Å²) in [5.74, 6) is 0. The van der Waals surface area contributed by atoms with Gasteiger partial charge in [0.2, 0.25) is 0 Å². The van der Waals surface area contributed by atoms with Gasteiger partial charge in [-0.1, -0.05) is 54.6 Å². The standard InChI is InChI=1S/C19H18P.C4H11O4P/c1-20(17-11-5-2-6-12-17,18-13-7-3-8-14-18)19-15-9-4-10-16-19;1-3-7-9(5,6)8-4-2/h2-16H,1H3;3-4H2,1-2H3,(H,5,6)/q+1;/p-1. The number of rotatable bonds is 7. The number of hydrogen-bond donors (Lipinski definition) is 0. The molecule has 0 radical (unpaired) electrons. The molecular formula is C23H28O4P2. The van der Waals surface area contributed by atoms with E-state index in [1.165, 1.54) is 15.9 Å². The van der Waals surface area contributed by atoms with Crippen LogP contribution in [0.25, 0.3) is 0 Å². The van der Waals surface area contributed by atoms with Crippen molar-refractivity contribution < 1.29 is 18.5 Å². The average Bonchev–Trinajstić information content (AvgIpc) is 2.75. The fraction of sp³-hybridized carbons (Fsp3) is 0.217. The highest BCUT2D eigenvalue weighted by molar-refractivity contribution is 7.95. The molecule has 0 bridgehead atoms. The molecule has 0 saturated carbocycles. The van der Waals surface area contributed by atoms with Gasteiger partial charge in [0, 0.05) is 0 Å². The monoisotopic (exact) mass is 430 g/mol. The van der Waals surface area contributed by atoms with E-state index in [-0.39, 0.29) is 13.2 Å². The number of phosphoric acid groups is 1. The Morgan fingerprint density at radius 3 is 1.21 bits per heavy atom. The first kappa shape index (κ1) is 23.5. The smallest absolute Gasteiger partial charge is 0.267 e. The maximum Gasteiger partial charge on any atom is 0.267 e. The first-order chi connectivity index (χ1) is 13.9. The molecule has 0 aliphatic carbocycles. The van der Waals surface area contributed by atoms with E-state index in [2.05, 4.69) is 107 Å². The molecule has 0 atom stereocenters. The van der Waals surface area contributed by atoms with Crippen LogP contribution in [0.2, 0.25) is 0 Å². The molecule has 0 saturated heterocycles. The highest BCUT2D eigenvalue weighted by Gasteiger charge is 2.39. The second-order valence-electron chi connectivity index (χ2n) is 6.30. The van der Waals surface area contributed by atoms with Gasteiger partial charge in [-0.15, -0.1) is 0 Å². The first-order valence-electron chi connectivity index (χ1n) is 9.57. The average molecular weight is 430 g/mol. The zero-order valence-corrected chi connectivity index (χ0v) is 18.9. The highest BCUT2D eigenvalue weighted by atomic mass is 31.2. The fourth-order valence-corrected chi connectivity index (χ4v) is 6.89. The Balaban J connectivity index is 0.000000284. The van der Waals surface area contributed by atoms with Gasteiger partial charge in [0.25, 0.3) is 7.82 Å². The van der Waals surface area contributed by atoms with Crippen LogP contribution in [-0.2, 0) is 13.6 Å². The SMILES string of the molecule is CCOP(=O)([O-])OCC.C[P+](c1ccccc1)(c1ccccc1)c1ccccc1. The molecule has 4 nitrogen and oxygen atoms in total. The van der Waals surface area contributed by atoms with Gasteiger partial charge in [-0.3, -0.25) is 4.57 Å². The molecule has 29 heavy (non-hydrogen) atoms. The minimum Gasteiger partial charge on any atom is -0.756 e. The van der Waals surface area contributed by atoms with Crippen molar-refractivity contribution in [2.75, 3.05) is 19.9 Å². The summed E-state index contributed by atoms with van der Waals surface area (Å²) in [5.41, 5.74) is 0. The second kappa shape index (κ2) is 11.4. The van der Waals surface area contributed by atoms with E-state index >= 15 is 0 Å². The van der Waals surface area contributed by atoms with E-state index in [0.717, 1.165) is 0 Å². The summed E-state index contributed by atoms with van der Waals surface area (Å²) < 4.78 is 18.9. The quantitative estimate of drug-likeness (QED) is 0.529. The molecule has 0 N–H and O–H groups in total. The van der Waals surface area contributed by atoms with Crippen LogP contribution >= 0.6 is 15.1 Å². The lowest BCUT2D eigenvalue weighted by molar-refractivity contribution is -0.224. The summed E-state index contributed by atoms with van der Waals surface area (Å²) in [6, 6.07) is 32.6. The number of hydrogen-bond acceptors (Lipinski definition) is 4. The van der Waals surface area contributed by atoms with Crippen molar-refractivity contribution in [3.05, 3.63) is 91.0 Å². The minimum absolute atomic E-state index is 0.126. The molecule has 0 spiro atoms. The summed E-state index contributed by atoms with van der Waals surface area (Å²) in [6.07, 6.45) is 0. The Morgan fingerprint density at radius 1 is 0.690 bits per heavy atom. The molecule has 0 aliphatic rings. The predicted molar refractivity (Wildman–Crippen MR) is 122 cm³/mol. The van der Waals surface area contributed by atoms with Gasteiger partial charge in [-0.2, -0.15) is 0 Å². The summed E-state index contributed by atoms with van der Waals surface area (Å²) in [5, 5.41) is 4.28. The third kappa shape index (κ3) is 6.60. The molecule has 0 fully saturated rings. The molecule has 0 heterocycles. The Morgan fingerprint density at radius 2 is 0.966 bits per heavy atom. The van der Waals surface area contributed by atoms with Crippen LogP contribution in [0.15, 0.2) is 91.0 Å². The van der Waals surface area contributed by atoms with Crippen LogP contribution in [0.5, 0.6) is 0 Å². The van der Waals surface area contributed by atoms with Gasteiger partial charge >= 0.3 is 0 Å². The van der Waals surface area contributed by atoms with Crippen molar-refractivity contribution in [3.8, 4) is 0 Å². The van der Waals surface area contributed by atoms with Crippen molar-refractivity contribution >= 4 is 31.0 Å². The van der Waals surface area contributed by atoms with Gasteiger partial charge in [0.05, 0.1) is 19.9 Å². The van der Waals surface area contributed by atoms with Gasteiger partial charge in [0.1, 0.15) is 23.2 Å². The maximum absolute atomic E-state index is 10.4. The lowest BCUT2D eigenvalue weighted by Gasteiger charge is -2.22. The van der Waals surface area contributed by atoms with E-state index < -0.39 is 15.1 Å². The molecular weight excluding hydrogens is 402 g/mol. The first-order valence-corrected chi connectivity index (χ1v) is 13.3. The molecule has 3 aromatic carbocycles. The van der Waals surface area contributed by atoms with Crippen molar-refractivity contribution in [3.63, 3.8) is 0 Å². The van der Waals surface area contributed by atoms with Gasteiger partial charge in [-0.25, -0.2) is 0 Å². The Labute approximate surface area is 174 Å². The van der Waals surface area contributed by atoms with Crippen LogP contribution in [0.4, 0.5) is 0 Å². The Hall–Kier alpha value is -1.80. The molecule has 0 amide bonds. The van der Waals surface area contributed by atoms with Crippen molar-refractivity contribution in [2.45, 2.75) is 13.8 Å². The van der Waals surface area contributed by atoms with Crippen LogP contribution in [0, 0.1) is 0 Å². The topological polar surface area (TPSA) is 58.6 Å². The van der Waals surface area contributed by atoms with E-state index in [9.17, 15) is 9.46 Å². The third-order valence-electron chi connectivity index (χ3n) is 4.39. The molecule has 0 unspecified atom stereocenters. The van der Waals surface area contributed by atoms with Gasteiger partial charge < -0.3 is 13.9 Å². The lowest BCUT2D eigenvalue weighted by atomic mass is 10.4. The Kier molecular flexibility index (Phi) is 9.23. The van der Waals surface area contributed by atoms with E-state index in [0.29, 0.717) is 0 Å². The van der Waals surface area contributed by atoms with E-state index in [1.807, 2.05) is 0 Å². The van der Waals surface area contributed by atoms with Gasteiger partial charge in [0.15, 0.2) is 0 Å². The number of benzene rings is 3. The zero-order valence-electron chi connectivity index (χ0n) is 17.1.